The summed E-state index contributed by atoms with van der Waals surface area (Å²) >= 11 is 0. The van der Waals surface area contributed by atoms with Gasteiger partial charge >= 0.3 is 0 Å². The van der Waals surface area contributed by atoms with Crippen LogP contribution < -0.4 is 9.47 Å². The summed E-state index contributed by atoms with van der Waals surface area (Å²) in [6, 6.07) is 7.71. The van der Waals surface area contributed by atoms with Crippen LogP contribution in [-0.2, 0) is 0 Å². The molecule has 2 aromatic rings. The zero-order chi connectivity index (χ0) is 17.8. The molecule has 1 fully saturated rings. The van der Waals surface area contributed by atoms with Crippen LogP contribution in [0.15, 0.2) is 28.8 Å². The highest BCUT2D eigenvalue weighted by molar-refractivity contribution is 5.96. The number of carbonyl (C=O) groups excluding carboxylic acids is 1. The second-order valence-electron chi connectivity index (χ2n) is 6.19. The first-order valence-electron chi connectivity index (χ1n) is 8.70. The molecule has 0 radical (unpaired) electrons. The Morgan fingerprint density at radius 3 is 2.52 bits per heavy atom. The molecule has 1 aliphatic rings. The van der Waals surface area contributed by atoms with Crippen molar-refractivity contribution >= 4 is 5.91 Å². The van der Waals surface area contributed by atoms with Gasteiger partial charge in [-0.25, -0.2) is 0 Å². The Bertz CT molecular complexity index is 713. The normalized spacial score (nSPS) is 15.2. The number of nitrogens with zero attached hydrogens (tertiary/aromatic N) is 2. The monoisotopic (exact) mass is 344 g/mol. The maximum Gasteiger partial charge on any atom is 0.259 e. The Kier molecular flexibility index (Phi) is 5.26. The third-order valence-corrected chi connectivity index (χ3v) is 4.42. The summed E-state index contributed by atoms with van der Waals surface area (Å²) < 4.78 is 16.8. The number of ether oxygens (including phenoxy) is 2. The average molecular weight is 344 g/mol. The third kappa shape index (κ3) is 3.78. The molecule has 0 bridgehead atoms. The Balaban J connectivity index is 1.60. The minimum absolute atomic E-state index is 0.00980. The van der Waals surface area contributed by atoms with Gasteiger partial charge in [-0.1, -0.05) is 17.3 Å². The predicted octanol–water partition coefficient (Wildman–Crippen LogP) is 3.37. The number of amides is 1. The van der Waals surface area contributed by atoms with E-state index in [9.17, 15) is 4.79 Å². The third-order valence-electron chi connectivity index (χ3n) is 4.42. The number of carbonyl (C=O) groups is 1. The molecule has 0 N–H and O–H groups in total. The number of aryl methyl sites for hydroxylation is 2. The fourth-order valence-electron chi connectivity index (χ4n) is 3.13. The van der Waals surface area contributed by atoms with E-state index in [-0.39, 0.29) is 12.0 Å². The molecule has 6 nitrogen and oxygen atoms in total. The van der Waals surface area contributed by atoms with Crippen molar-refractivity contribution in [2.75, 3.05) is 19.7 Å². The molecule has 0 aliphatic carbocycles. The van der Waals surface area contributed by atoms with Crippen LogP contribution in [0.5, 0.6) is 11.5 Å². The largest absolute Gasteiger partial charge is 0.490 e. The van der Waals surface area contributed by atoms with Gasteiger partial charge in [0.15, 0.2) is 11.5 Å². The van der Waals surface area contributed by atoms with Gasteiger partial charge in [-0.15, -0.1) is 0 Å². The fraction of sp³-hybridized carbons (Fsp3) is 0.474. The van der Waals surface area contributed by atoms with E-state index in [0.29, 0.717) is 36.7 Å². The Hall–Kier alpha value is -2.50. The Labute approximate surface area is 147 Å². The number of likely N-dealkylation sites (tertiary alicyclic amines) is 1. The molecule has 1 amide bonds. The summed E-state index contributed by atoms with van der Waals surface area (Å²) in [4.78, 5) is 14.5. The fourth-order valence-corrected chi connectivity index (χ4v) is 3.13. The topological polar surface area (TPSA) is 64.8 Å². The molecule has 0 unspecified atom stereocenters. The molecule has 2 heterocycles. The van der Waals surface area contributed by atoms with Gasteiger partial charge in [-0.2, -0.15) is 0 Å². The zero-order valence-electron chi connectivity index (χ0n) is 14.9. The highest BCUT2D eigenvalue weighted by Gasteiger charge is 2.28. The highest BCUT2D eigenvalue weighted by atomic mass is 16.5. The number of hydrogen-bond acceptors (Lipinski definition) is 5. The second-order valence-corrected chi connectivity index (χ2v) is 6.19. The van der Waals surface area contributed by atoms with Crippen LogP contribution in [0.2, 0.25) is 0 Å². The van der Waals surface area contributed by atoms with Crippen LogP contribution in [-0.4, -0.2) is 41.8 Å². The molecule has 0 spiro atoms. The van der Waals surface area contributed by atoms with Crippen molar-refractivity contribution in [3.8, 4) is 11.5 Å². The van der Waals surface area contributed by atoms with Crippen molar-refractivity contribution in [1.82, 2.24) is 10.1 Å². The van der Waals surface area contributed by atoms with Gasteiger partial charge in [0.05, 0.1) is 12.3 Å². The van der Waals surface area contributed by atoms with Crippen molar-refractivity contribution < 1.29 is 18.8 Å². The van der Waals surface area contributed by atoms with Crippen molar-refractivity contribution in [3.63, 3.8) is 0 Å². The smallest absolute Gasteiger partial charge is 0.259 e. The summed E-state index contributed by atoms with van der Waals surface area (Å²) in [6.45, 7) is 7.44. The molecule has 25 heavy (non-hydrogen) atoms. The maximum atomic E-state index is 12.7. The average Bonchev–Trinajstić information content (AvgIpc) is 2.95. The van der Waals surface area contributed by atoms with Crippen molar-refractivity contribution in [2.45, 2.75) is 39.7 Å². The number of hydrogen-bond donors (Lipinski definition) is 0. The van der Waals surface area contributed by atoms with Gasteiger partial charge in [0, 0.05) is 25.9 Å². The van der Waals surface area contributed by atoms with E-state index in [2.05, 4.69) is 5.16 Å². The van der Waals surface area contributed by atoms with Gasteiger partial charge in [0.25, 0.3) is 5.91 Å². The van der Waals surface area contributed by atoms with Gasteiger partial charge in [0.2, 0.25) is 0 Å². The van der Waals surface area contributed by atoms with Gasteiger partial charge in [-0.05, 0) is 32.9 Å². The van der Waals surface area contributed by atoms with Crippen LogP contribution >= 0.6 is 0 Å². The minimum Gasteiger partial charge on any atom is -0.490 e. The van der Waals surface area contributed by atoms with Crippen LogP contribution in [0, 0.1) is 13.8 Å². The van der Waals surface area contributed by atoms with Gasteiger partial charge in [0.1, 0.15) is 17.4 Å². The quantitative estimate of drug-likeness (QED) is 0.832. The van der Waals surface area contributed by atoms with E-state index in [0.717, 1.165) is 24.3 Å². The van der Waals surface area contributed by atoms with Crippen molar-refractivity contribution in [1.29, 1.82) is 0 Å². The molecule has 1 aromatic carbocycles. The Morgan fingerprint density at radius 2 is 1.92 bits per heavy atom. The lowest BCUT2D eigenvalue weighted by Gasteiger charge is -2.32. The van der Waals surface area contributed by atoms with E-state index >= 15 is 0 Å². The first-order valence-corrected chi connectivity index (χ1v) is 8.70. The molecule has 3 rings (SSSR count). The summed E-state index contributed by atoms with van der Waals surface area (Å²) in [6.07, 6.45) is 1.65. The summed E-state index contributed by atoms with van der Waals surface area (Å²) in [7, 11) is 0. The SMILES string of the molecule is CCOc1ccccc1OC1CCN(C(=O)c2c(C)noc2C)CC1. The summed E-state index contributed by atoms with van der Waals surface area (Å²) in [5, 5.41) is 3.87. The van der Waals surface area contributed by atoms with Crippen LogP contribution in [0.3, 0.4) is 0 Å². The number of piperidine rings is 1. The first-order chi connectivity index (χ1) is 12.1. The minimum atomic E-state index is -0.00980. The predicted molar refractivity (Wildman–Crippen MR) is 93.1 cm³/mol. The molecule has 6 heteroatoms. The second kappa shape index (κ2) is 7.59. The highest BCUT2D eigenvalue weighted by Crippen LogP contribution is 2.29. The molecule has 1 aromatic heterocycles. The maximum absolute atomic E-state index is 12.7. The first kappa shape index (κ1) is 17.3. The standard InChI is InChI=1S/C19H24N2O4/c1-4-23-16-7-5-6-8-17(16)24-15-9-11-21(12-10-15)19(22)18-13(2)20-25-14(18)3/h5-8,15H,4,9-12H2,1-3H3. The van der Waals surface area contributed by atoms with Crippen molar-refractivity contribution in [2.24, 2.45) is 0 Å². The molecule has 1 aliphatic heterocycles. The number of aromatic nitrogens is 1. The van der Waals surface area contributed by atoms with E-state index in [4.69, 9.17) is 14.0 Å². The van der Waals surface area contributed by atoms with Crippen LogP contribution in [0.4, 0.5) is 0 Å². The molecular weight excluding hydrogens is 320 g/mol. The van der Waals surface area contributed by atoms with Gasteiger partial charge in [-0.3, -0.25) is 4.79 Å². The molecular formula is C19H24N2O4. The van der Waals surface area contributed by atoms with E-state index in [1.165, 1.54) is 0 Å². The number of rotatable bonds is 5. The summed E-state index contributed by atoms with van der Waals surface area (Å²) in [5.74, 6) is 2.09. The number of para-hydroxylation sites is 2. The molecule has 134 valence electrons. The van der Waals surface area contributed by atoms with Crippen molar-refractivity contribution in [3.05, 3.63) is 41.3 Å². The lowest BCUT2D eigenvalue weighted by Crippen LogP contribution is -2.42. The number of benzene rings is 1. The summed E-state index contributed by atoms with van der Waals surface area (Å²) in [5.41, 5.74) is 1.23. The Morgan fingerprint density at radius 1 is 1.24 bits per heavy atom. The van der Waals surface area contributed by atoms with E-state index in [1.807, 2.05) is 36.1 Å². The zero-order valence-corrected chi connectivity index (χ0v) is 14.9. The lowest BCUT2D eigenvalue weighted by atomic mass is 10.1. The van der Waals surface area contributed by atoms with Crippen LogP contribution in [0.1, 0.15) is 41.6 Å². The molecule has 0 atom stereocenters. The molecule has 0 saturated carbocycles. The van der Waals surface area contributed by atoms with E-state index in [1.54, 1.807) is 13.8 Å². The molecule has 1 saturated heterocycles. The lowest BCUT2D eigenvalue weighted by molar-refractivity contribution is 0.0587. The van der Waals surface area contributed by atoms with Crippen LogP contribution in [0.25, 0.3) is 0 Å². The van der Waals surface area contributed by atoms with E-state index < -0.39 is 0 Å². The van der Waals surface area contributed by atoms with Gasteiger partial charge < -0.3 is 18.9 Å².